The van der Waals surface area contributed by atoms with E-state index in [0.29, 0.717) is 12.1 Å². The van der Waals surface area contributed by atoms with E-state index < -0.39 is 0 Å². The first-order chi connectivity index (χ1) is 10.0. The van der Waals surface area contributed by atoms with Crippen molar-refractivity contribution < 1.29 is 4.42 Å². The van der Waals surface area contributed by atoms with Gasteiger partial charge in [0.15, 0.2) is 0 Å². The second kappa shape index (κ2) is 6.11. The van der Waals surface area contributed by atoms with Crippen LogP contribution in [0.4, 0.5) is 0 Å². The molecular formula is C17H23BrN2O. The molecule has 3 rings (SSSR count). The third-order valence-electron chi connectivity index (χ3n) is 4.62. The fourth-order valence-corrected chi connectivity index (χ4v) is 3.50. The van der Waals surface area contributed by atoms with Crippen molar-refractivity contribution in [1.29, 1.82) is 0 Å². The zero-order chi connectivity index (χ0) is 15.0. The third-order valence-corrected chi connectivity index (χ3v) is 5.11. The molecule has 3 atom stereocenters. The quantitative estimate of drug-likeness (QED) is 0.892. The highest BCUT2D eigenvalue weighted by Crippen LogP contribution is 2.27. The van der Waals surface area contributed by atoms with Crippen LogP contribution >= 0.6 is 15.9 Å². The highest BCUT2D eigenvalue weighted by Gasteiger charge is 2.24. The Morgan fingerprint density at radius 1 is 1.38 bits per heavy atom. The van der Waals surface area contributed by atoms with Crippen LogP contribution in [-0.2, 0) is 0 Å². The minimum atomic E-state index is 0.247. The number of halogens is 1. The molecule has 1 aromatic heterocycles. The molecule has 1 aliphatic rings. The molecule has 114 valence electrons. The molecule has 3 unspecified atom stereocenters. The summed E-state index contributed by atoms with van der Waals surface area (Å²) < 4.78 is 7.07. The first-order valence-corrected chi connectivity index (χ1v) is 8.47. The lowest BCUT2D eigenvalue weighted by Crippen LogP contribution is -2.46. The van der Waals surface area contributed by atoms with E-state index in [2.05, 4.69) is 59.2 Å². The minimum Gasteiger partial charge on any atom is -0.459 e. The zero-order valence-corrected chi connectivity index (χ0v) is 14.5. The Bertz CT molecular complexity index is 624. The van der Waals surface area contributed by atoms with Crippen LogP contribution in [0.2, 0.25) is 0 Å². The summed E-state index contributed by atoms with van der Waals surface area (Å²) in [5.41, 5.74) is 0.957. The molecule has 1 aromatic carbocycles. The number of rotatable bonds is 3. The number of likely N-dealkylation sites (tertiary alicyclic amines) is 1. The van der Waals surface area contributed by atoms with E-state index in [-0.39, 0.29) is 6.04 Å². The number of fused-ring (bicyclic) bond motifs is 1. The first kappa shape index (κ1) is 15.1. The number of nitrogens with one attached hydrogen (secondary N) is 1. The van der Waals surface area contributed by atoms with Crippen LogP contribution in [0, 0.1) is 0 Å². The third kappa shape index (κ3) is 3.33. The first-order valence-electron chi connectivity index (χ1n) is 7.68. The van der Waals surface area contributed by atoms with Gasteiger partial charge in [0.25, 0.3) is 0 Å². The largest absolute Gasteiger partial charge is 0.459 e. The summed E-state index contributed by atoms with van der Waals surface area (Å²) in [5, 5.41) is 4.89. The average Bonchev–Trinajstić information content (AvgIpc) is 2.86. The van der Waals surface area contributed by atoms with Crippen molar-refractivity contribution in [3.8, 4) is 0 Å². The van der Waals surface area contributed by atoms with Crippen LogP contribution in [-0.4, -0.2) is 30.6 Å². The van der Waals surface area contributed by atoms with Gasteiger partial charge in [-0.25, -0.2) is 0 Å². The van der Waals surface area contributed by atoms with Crippen molar-refractivity contribution in [3.05, 3.63) is 34.5 Å². The summed E-state index contributed by atoms with van der Waals surface area (Å²) in [5.74, 6) is 1.02. The number of piperidine rings is 1. The summed E-state index contributed by atoms with van der Waals surface area (Å²) >= 11 is 3.51. The zero-order valence-electron chi connectivity index (χ0n) is 12.9. The van der Waals surface area contributed by atoms with Crippen LogP contribution in [0.5, 0.6) is 0 Å². The maximum atomic E-state index is 5.98. The van der Waals surface area contributed by atoms with Gasteiger partial charge in [0.2, 0.25) is 0 Å². The average molecular weight is 351 g/mol. The van der Waals surface area contributed by atoms with Crippen molar-refractivity contribution in [2.24, 2.45) is 0 Å². The van der Waals surface area contributed by atoms with Crippen LogP contribution in [0.3, 0.4) is 0 Å². The Morgan fingerprint density at radius 3 is 2.95 bits per heavy atom. The van der Waals surface area contributed by atoms with Gasteiger partial charge in [0, 0.05) is 21.9 Å². The molecule has 0 bridgehead atoms. The van der Waals surface area contributed by atoms with Gasteiger partial charge in [-0.1, -0.05) is 15.9 Å². The fraction of sp³-hybridized carbons (Fsp3) is 0.529. The highest BCUT2D eigenvalue weighted by molar-refractivity contribution is 9.10. The smallest absolute Gasteiger partial charge is 0.134 e. The van der Waals surface area contributed by atoms with Gasteiger partial charge < -0.3 is 14.6 Å². The van der Waals surface area contributed by atoms with Crippen LogP contribution in [0.1, 0.15) is 38.5 Å². The topological polar surface area (TPSA) is 28.4 Å². The second-order valence-corrected chi connectivity index (χ2v) is 7.19. The lowest BCUT2D eigenvalue weighted by Gasteiger charge is -2.36. The number of hydrogen-bond acceptors (Lipinski definition) is 3. The highest BCUT2D eigenvalue weighted by atomic mass is 79.9. The van der Waals surface area contributed by atoms with Crippen molar-refractivity contribution in [1.82, 2.24) is 10.2 Å². The maximum absolute atomic E-state index is 5.98. The van der Waals surface area contributed by atoms with Crippen molar-refractivity contribution in [3.63, 3.8) is 0 Å². The molecule has 1 saturated heterocycles. The molecular weight excluding hydrogens is 328 g/mol. The van der Waals surface area contributed by atoms with E-state index in [1.807, 2.05) is 12.1 Å². The summed E-state index contributed by atoms with van der Waals surface area (Å²) in [6, 6.07) is 9.76. The van der Waals surface area contributed by atoms with Crippen LogP contribution in [0.15, 0.2) is 33.2 Å². The Labute approximate surface area is 134 Å². The summed E-state index contributed by atoms with van der Waals surface area (Å²) in [4.78, 5) is 2.43. The Hall–Kier alpha value is -0.840. The number of furan rings is 1. The SMILES string of the molecule is CC(NC1CCN(C)C(C)C1)c1cc2cc(Br)ccc2o1. The van der Waals surface area contributed by atoms with Gasteiger partial charge in [0.1, 0.15) is 11.3 Å². The number of hydrogen-bond donors (Lipinski definition) is 1. The molecule has 4 heteroatoms. The molecule has 3 nitrogen and oxygen atoms in total. The number of benzene rings is 1. The molecule has 21 heavy (non-hydrogen) atoms. The van der Waals surface area contributed by atoms with Gasteiger partial charge in [-0.15, -0.1) is 0 Å². The predicted molar refractivity (Wildman–Crippen MR) is 90.6 cm³/mol. The van der Waals surface area contributed by atoms with E-state index in [1.165, 1.54) is 19.4 Å². The molecule has 0 saturated carbocycles. The van der Waals surface area contributed by atoms with E-state index >= 15 is 0 Å². The summed E-state index contributed by atoms with van der Waals surface area (Å²) in [7, 11) is 2.21. The van der Waals surface area contributed by atoms with Gasteiger partial charge in [-0.05, 0) is 64.5 Å². The van der Waals surface area contributed by atoms with E-state index in [4.69, 9.17) is 4.42 Å². The lowest BCUT2D eigenvalue weighted by atomic mass is 9.98. The van der Waals surface area contributed by atoms with Crippen molar-refractivity contribution in [2.45, 2.75) is 44.8 Å². The second-order valence-electron chi connectivity index (χ2n) is 6.27. The van der Waals surface area contributed by atoms with Gasteiger partial charge in [-0.2, -0.15) is 0 Å². The molecule has 0 amide bonds. The standard InChI is InChI=1S/C17H23BrN2O/c1-11-8-15(6-7-20(11)3)19-12(2)17-10-13-9-14(18)4-5-16(13)21-17/h4-5,9-12,15,19H,6-8H2,1-3H3. The fourth-order valence-electron chi connectivity index (χ4n) is 3.12. The Kier molecular flexibility index (Phi) is 4.38. The monoisotopic (exact) mass is 350 g/mol. The molecule has 0 radical (unpaired) electrons. The minimum absolute atomic E-state index is 0.247. The van der Waals surface area contributed by atoms with Gasteiger partial charge in [-0.3, -0.25) is 0 Å². The maximum Gasteiger partial charge on any atom is 0.134 e. The molecule has 1 fully saturated rings. The number of nitrogens with zero attached hydrogens (tertiary/aromatic N) is 1. The van der Waals surface area contributed by atoms with E-state index in [0.717, 1.165) is 21.2 Å². The summed E-state index contributed by atoms with van der Waals surface area (Å²) in [6.45, 7) is 5.66. The van der Waals surface area contributed by atoms with E-state index in [1.54, 1.807) is 0 Å². The predicted octanol–water partition coefficient (Wildman–Crippen LogP) is 4.33. The molecule has 1 N–H and O–H groups in total. The molecule has 2 heterocycles. The van der Waals surface area contributed by atoms with Crippen LogP contribution in [0.25, 0.3) is 11.0 Å². The normalized spacial score (nSPS) is 25.3. The molecule has 0 spiro atoms. The van der Waals surface area contributed by atoms with Gasteiger partial charge >= 0.3 is 0 Å². The van der Waals surface area contributed by atoms with Crippen molar-refractivity contribution >= 4 is 26.9 Å². The summed E-state index contributed by atoms with van der Waals surface area (Å²) in [6.07, 6.45) is 2.41. The molecule has 1 aliphatic heterocycles. The van der Waals surface area contributed by atoms with Crippen LogP contribution < -0.4 is 5.32 Å². The Balaban J connectivity index is 1.70. The van der Waals surface area contributed by atoms with E-state index in [9.17, 15) is 0 Å². The van der Waals surface area contributed by atoms with Gasteiger partial charge in [0.05, 0.1) is 6.04 Å². The lowest BCUT2D eigenvalue weighted by molar-refractivity contribution is 0.161. The Morgan fingerprint density at radius 2 is 2.19 bits per heavy atom. The molecule has 0 aliphatic carbocycles. The molecule has 2 aromatic rings. The van der Waals surface area contributed by atoms with Crippen molar-refractivity contribution in [2.75, 3.05) is 13.6 Å².